The van der Waals surface area contributed by atoms with Gasteiger partial charge < -0.3 is 4.57 Å². The minimum Gasteiger partial charge on any atom is -0.309 e. The molecule has 0 bridgehead atoms. The summed E-state index contributed by atoms with van der Waals surface area (Å²) in [5, 5.41) is 4.76. The Morgan fingerprint density at radius 1 is 0.353 bits per heavy atom. The van der Waals surface area contributed by atoms with Gasteiger partial charge in [0, 0.05) is 38.4 Å². The van der Waals surface area contributed by atoms with Crippen LogP contribution in [0.15, 0.2) is 170 Å². The van der Waals surface area contributed by atoms with Crippen molar-refractivity contribution in [1.82, 2.24) is 24.1 Å². The lowest BCUT2D eigenvalue weighted by molar-refractivity contribution is 0.953. The molecule has 0 saturated carbocycles. The predicted molar refractivity (Wildman–Crippen MR) is 210 cm³/mol. The second-order valence-corrected chi connectivity index (χ2v) is 13.0. The van der Waals surface area contributed by atoms with E-state index in [0.29, 0.717) is 17.6 Å². The van der Waals surface area contributed by atoms with E-state index in [1.165, 1.54) is 33.1 Å². The van der Waals surface area contributed by atoms with Crippen LogP contribution < -0.4 is 0 Å². The first-order chi connectivity index (χ1) is 25.2. The summed E-state index contributed by atoms with van der Waals surface area (Å²) >= 11 is 0. The van der Waals surface area contributed by atoms with Crippen LogP contribution in [0.4, 0.5) is 0 Å². The second-order valence-electron chi connectivity index (χ2n) is 13.0. The summed E-state index contributed by atoms with van der Waals surface area (Å²) in [7, 11) is 0. The van der Waals surface area contributed by atoms with Crippen LogP contribution in [0.25, 0.3) is 89.2 Å². The van der Waals surface area contributed by atoms with Crippen LogP contribution in [-0.4, -0.2) is 24.1 Å². The molecule has 0 aliphatic heterocycles. The first-order valence-corrected chi connectivity index (χ1v) is 17.2. The van der Waals surface area contributed by atoms with Gasteiger partial charge in [-0.15, -0.1) is 0 Å². The van der Waals surface area contributed by atoms with Gasteiger partial charge in [0.1, 0.15) is 0 Å². The zero-order valence-corrected chi connectivity index (χ0v) is 27.9. The van der Waals surface area contributed by atoms with Crippen molar-refractivity contribution in [3.05, 3.63) is 175 Å². The van der Waals surface area contributed by atoms with Gasteiger partial charge in [0.15, 0.2) is 11.6 Å². The van der Waals surface area contributed by atoms with E-state index in [1.54, 1.807) is 0 Å². The molecule has 0 atom stereocenters. The number of fused-ring (bicyclic) bond motifs is 6. The lowest BCUT2D eigenvalue weighted by atomic mass is 10.0. The SMILES string of the molecule is Cc1cccc(-n2c3ccccc3c3cc(-c4ccc5c6ccccc6n(-c6nc(-c7ccccc7)nc(-c7ccccc7)n6)c5c4)ccc32)c1. The molecule has 5 heteroatoms. The molecular weight excluding hydrogens is 623 g/mol. The van der Waals surface area contributed by atoms with Crippen LogP contribution >= 0.6 is 0 Å². The zero-order valence-electron chi connectivity index (χ0n) is 27.9. The Balaban J connectivity index is 1.20. The topological polar surface area (TPSA) is 48.5 Å². The molecular formula is C46H31N5. The minimum atomic E-state index is 0.586. The molecule has 0 N–H and O–H groups in total. The van der Waals surface area contributed by atoms with E-state index < -0.39 is 0 Å². The Morgan fingerprint density at radius 3 is 1.59 bits per heavy atom. The standard InChI is InChI=1S/C46H31N5/c1-30-13-12-18-35(27-30)50-40-21-10-9-20-37(40)39-28-33(24-26-42(39)50)34-23-25-38-36-19-8-11-22-41(36)51(43(38)29-34)46-48-44(31-14-4-2-5-15-31)47-45(49-46)32-16-6-3-7-17-32/h2-29H,1H3. The van der Waals surface area contributed by atoms with E-state index in [2.05, 4.69) is 125 Å². The van der Waals surface area contributed by atoms with Gasteiger partial charge in [-0.05, 0) is 66.1 Å². The molecule has 0 spiro atoms. The average molecular weight is 654 g/mol. The number of aryl methyl sites for hydroxylation is 1. The summed E-state index contributed by atoms with van der Waals surface area (Å²) in [6.07, 6.45) is 0. The number of aromatic nitrogens is 5. The summed E-state index contributed by atoms with van der Waals surface area (Å²) in [5.74, 6) is 1.86. The van der Waals surface area contributed by atoms with Gasteiger partial charge in [0.25, 0.3) is 0 Å². The van der Waals surface area contributed by atoms with Crippen LogP contribution in [0.1, 0.15) is 5.56 Å². The molecule has 3 aromatic heterocycles. The average Bonchev–Trinajstić information content (AvgIpc) is 3.70. The smallest absolute Gasteiger partial charge is 0.238 e. The third kappa shape index (κ3) is 4.82. The van der Waals surface area contributed by atoms with Gasteiger partial charge >= 0.3 is 0 Å². The second kappa shape index (κ2) is 11.6. The van der Waals surface area contributed by atoms with E-state index in [9.17, 15) is 0 Å². The molecule has 0 aliphatic carbocycles. The van der Waals surface area contributed by atoms with Crippen molar-refractivity contribution in [2.75, 3.05) is 0 Å². The van der Waals surface area contributed by atoms with Gasteiger partial charge in [-0.3, -0.25) is 4.57 Å². The van der Waals surface area contributed by atoms with Crippen molar-refractivity contribution < 1.29 is 0 Å². The maximum absolute atomic E-state index is 5.13. The highest BCUT2D eigenvalue weighted by atomic mass is 15.2. The lowest BCUT2D eigenvalue weighted by Gasteiger charge is -2.11. The Hall–Kier alpha value is -6.85. The number of benzene rings is 7. The monoisotopic (exact) mass is 653 g/mol. The van der Waals surface area contributed by atoms with Crippen molar-refractivity contribution in [2.45, 2.75) is 6.92 Å². The highest BCUT2D eigenvalue weighted by Crippen LogP contribution is 2.38. The van der Waals surface area contributed by atoms with Crippen LogP contribution in [-0.2, 0) is 0 Å². The fraction of sp³-hybridized carbons (Fsp3) is 0.0217. The van der Waals surface area contributed by atoms with Crippen LogP contribution in [0, 0.1) is 6.92 Å². The zero-order chi connectivity index (χ0) is 33.9. The Bertz CT molecular complexity index is 2860. The number of hydrogen-bond acceptors (Lipinski definition) is 3. The van der Waals surface area contributed by atoms with E-state index in [0.717, 1.165) is 44.1 Å². The van der Waals surface area contributed by atoms with E-state index in [4.69, 9.17) is 15.0 Å². The summed E-state index contributed by atoms with van der Waals surface area (Å²) in [5.41, 5.74) is 11.0. The van der Waals surface area contributed by atoms with Crippen molar-refractivity contribution in [2.24, 2.45) is 0 Å². The third-order valence-electron chi connectivity index (χ3n) is 9.83. The molecule has 10 rings (SSSR count). The molecule has 0 amide bonds. The summed E-state index contributed by atoms with van der Waals surface area (Å²) in [6, 6.07) is 59.8. The summed E-state index contributed by atoms with van der Waals surface area (Å²) < 4.78 is 4.56. The Morgan fingerprint density at radius 2 is 0.902 bits per heavy atom. The summed E-state index contributed by atoms with van der Waals surface area (Å²) in [4.78, 5) is 15.2. The molecule has 5 nitrogen and oxygen atoms in total. The molecule has 0 saturated heterocycles. The molecule has 240 valence electrons. The molecule has 0 unspecified atom stereocenters. The number of hydrogen-bond donors (Lipinski definition) is 0. The predicted octanol–water partition coefficient (Wildman–Crippen LogP) is 11.4. The first-order valence-electron chi connectivity index (χ1n) is 17.2. The maximum Gasteiger partial charge on any atom is 0.238 e. The van der Waals surface area contributed by atoms with Gasteiger partial charge in [-0.25, -0.2) is 4.98 Å². The molecule has 10 aromatic rings. The largest absolute Gasteiger partial charge is 0.309 e. The van der Waals surface area contributed by atoms with Crippen LogP contribution in [0.2, 0.25) is 0 Å². The molecule has 51 heavy (non-hydrogen) atoms. The fourth-order valence-electron chi connectivity index (χ4n) is 7.46. The van der Waals surface area contributed by atoms with Gasteiger partial charge in [0.05, 0.1) is 22.1 Å². The quantitative estimate of drug-likeness (QED) is 0.186. The molecule has 0 radical (unpaired) electrons. The van der Waals surface area contributed by atoms with Gasteiger partial charge in [-0.1, -0.05) is 127 Å². The first kappa shape index (κ1) is 29.1. The molecule has 0 aliphatic rings. The Kier molecular flexibility index (Phi) is 6.64. The van der Waals surface area contributed by atoms with Crippen LogP contribution in [0.3, 0.4) is 0 Å². The highest BCUT2D eigenvalue weighted by molar-refractivity contribution is 6.12. The third-order valence-corrected chi connectivity index (χ3v) is 9.83. The van der Waals surface area contributed by atoms with E-state index >= 15 is 0 Å². The molecule has 0 fully saturated rings. The van der Waals surface area contributed by atoms with E-state index in [-0.39, 0.29) is 0 Å². The van der Waals surface area contributed by atoms with Crippen molar-refractivity contribution in [1.29, 1.82) is 0 Å². The minimum absolute atomic E-state index is 0.586. The number of rotatable bonds is 5. The molecule has 3 heterocycles. The number of para-hydroxylation sites is 2. The Labute approximate surface area is 294 Å². The van der Waals surface area contributed by atoms with Crippen molar-refractivity contribution in [3.63, 3.8) is 0 Å². The maximum atomic E-state index is 5.13. The summed E-state index contributed by atoms with van der Waals surface area (Å²) in [6.45, 7) is 2.15. The van der Waals surface area contributed by atoms with Crippen LogP contribution in [0.5, 0.6) is 0 Å². The van der Waals surface area contributed by atoms with Crippen molar-refractivity contribution in [3.8, 4) is 45.5 Å². The highest BCUT2D eigenvalue weighted by Gasteiger charge is 2.19. The van der Waals surface area contributed by atoms with E-state index in [1.807, 2.05) is 60.7 Å². The number of nitrogens with zero attached hydrogens (tertiary/aromatic N) is 5. The van der Waals surface area contributed by atoms with Gasteiger partial charge in [0.2, 0.25) is 5.95 Å². The molecule has 7 aromatic carbocycles. The van der Waals surface area contributed by atoms with Gasteiger partial charge in [-0.2, -0.15) is 9.97 Å². The van der Waals surface area contributed by atoms with Crippen molar-refractivity contribution >= 4 is 43.6 Å². The fourth-order valence-corrected chi connectivity index (χ4v) is 7.46. The normalized spacial score (nSPS) is 11.6. The lowest BCUT2D eigenvalue weighted by Crippen LogP contribution is -2.06.